The van der Waals surface area contributed by atoms with Crippen LogP contribution in [0, 0.1) is 17.1 Å². The third-order valence-electron chi connectivity index (χ3n) is 4.12. The highest BCUT2D eigenvalue weighted by Gasteiger charge is 2.23. The van der Waals surface area contributed by atoms with Gasteiger partial charge in [0.1, 0.15) is 5.82 Å². The summed E-state index contributed by atoms with van der Waals surface area (Å²) in [6, 6.07) is 10.4. The summed E-state index contributed by atoms with van der Waals surface area (Å²) in [5.41, 5.74) is 0.806. The maximum atomic E-state index is 14.2. The average molecular weight is 343 g/mol. The van der Waals surface area contributed by atoms with E-state index >= 15 is 0 Å². The molecule has 2 heterocycles. The Bertz CT molecular complexity index is 754. The minimum absolute atomic E-state index is 0.00426. The molecule has 1 saturated heterocycles. The van der Waals surface area contributed by atoms with Gasteiger partial charge in [0, 0.05) is 24.0 Å². The summed E-state index contributed by atoms with van der Waals surface area (Å²) in [6.45, 7) is 1.33. The molecule has 0 bridgehead atoms. The molecule has 1 fully saturated rings. The number of amides is 1. The van der Waals surface area contributed by atoms with Gasteiger partial charge in [-0.1, -0.05) is 6.07 Å². The van der Waals surface area contributed by atoms with Gasteiger partial charge in [0.05, 0.1) is 23.7 Å². The Hall–Kier alpha value is -2.39. The normalized spacial score (nSPS) is 17.3. The van der Waals surface area contributed by atoms with Crippen LogP contribution >= 0.6 is 11.3 Å². The highest BCUT2D eigenvalue weighted by Crippen LogP contribution is 2.24. The zero-order valence-electron chi connectivity index (χ0n) is 13.2. The molecule has 0 aliphatic carbocycles. The maximum absolute atomic E-state index is 14.2. The van der Waals surface area contributed by atoms with Crippen molar-refractivity contribution in [2.75, 3.05) is 18.0 Å². The van der Waals surface area contributed by atoms with Crippen LogP contribution in [0.15, 0.2) is 35.7 Å². The number of nitrogens with zero attached hydrogens (tertiary/aromatic N) is 2. The van der Waals surface area contributed by atoms with Gasteiger partial charge in [-0.15, -0.1) is 11.3 Å². The monoisotopic (exact) mass is 343 g/mol. The molecule has 1 aliphatic heterocycles. The topological polar surface area (TPSA) is 56.1 Å². The van der Waals surface area contributed by atoms with Crippen molar-refractivity contribution in [3.8, 4) is 6.07 Å². The van der Waals surface area contributed by atoms with Crippen molar-refractivity contribution >= 4 is 22.9 Å². The number of hydrogen-bond donors (Lipinski definition) is 1. The predicted molar refractivity (Wildman–Crippen MR) is 92.5 cm³/mol. The molecule has 1 aromatic heterocycles. The number of nitrogens with one attached hydrogen (secondary N) is 1. The van der Waals surface area contributed by atoms with Crippen molar-refractivity contribution in [3.05, 3.63) is 52.0 Å². The molecule has 1 amide bonds. The number of carbonyl (C=O) groups is 1. The first-order valence-electron chi connectivity index (χ1n) is 7.92. The van der Waals surface area contributed by atoms with E-state index in [0.717, 1.165) is 24.3 Å². The maximum Gasteiger partial charge on any atom is 0.225 e. The lowest BCUT2D eigenvalue weighted by molar-refractivity contribution is -0.121. The van der Waals surface area contributed by atoms with Crippen molar-refractivity contribution in [2.24, 2.45) is 0 Å². The Kier molecular flexibility index (Phi) is 5.11. The molecule has 124 valence electrons. The molecule has 3 rings (SSSR count). The van der Waals surface area contributed by atoms with Crippen LogP contribution in [0.4, 0.5) is 10.1 Å². The van der Waals surface area contributed by atoms with E-state index in [1.807, 2.05) is 28.5 Å². The van der Waals surface area contributed by atoms with Crippen LogP contribution in [-0.4, -0.2) is 25.0 Å². The summed E-state index contributed by atoms with van der Waals surface area (Å²) >= 11 is 1.57. The van der Waals surface area contributed by atoms with E-state index in [4.69, 9.17) is 5.26 Å². The van der Waals surface area contributed by atoms with Crippen molar-refractivity contribution in [1.82, 2.24) is 5.32 Å². The van der Waals surface area contributed by atoms with E-state index in [2.05, 4.69) is 5.32 Å². The van der Waals surface area contributed by atoms with Crippen LogP contribution < -0.4 is 10.2 Å². The standard InChI is InChI=1S/C18H18FN3OS/c19-16-9-13(11-20)5-6-17(16)22-7-1-3-14(12-22)21-18(23)10-15-4-2-8-24-15/h2,4-6,8-9,14H,1,3,7,10,12H2,(H,21,23)/t14-/m0/s1. The van der Waals surface area contributed by atoms with Gasteiger partial charge in [-0.25, -0.2) is 4.39 Å². The molecule has 0 spiro atoms. The SMILES string of the molecule is N#Cc1ccc(N2CCC[C@H](NC(=O)Cc3cccs3)C2)c(F)c1. The molecule has 24 heavy (non-hydrogen) atoms. The number of rotatable bonds is 4. The number of halogens is 1. The highest BCUT2D eigenvalue weighted by atomic mass is 32.1. The van der Waals surface area contributed by atoms with Crippen LogP contribution in [0.2, 0.25) is 0 Å². The van der Waals surface area contributed by atoms with Gasteiger partial charge in [-0.05, 0) is 42.5 Å². The fourth-order valence-electron chi connectivity index (χ4n) is 3.00. The number of carbonyl (C=O) groups excluding carboxylic acids is 1. The summed E-state index contributed by atoms with van der Waals surface area (Å²) < 4.78 is 14.2. The zero-order chi connectivity index (χ0) is 16.9. The summed E-state index contributed by atoms with van der Waals surface area (Å²) in [7, 11) is 0. The van der Waals surface area contributed by atoms with Crippen LogP contribution in [0.1, 0.15) is 23.3 Å². The number of nitriles is 1. The van der Waals surface area contributed by atoms with Gasteiger partial charge in [-0.2, -0.15) is 5.26 Å². The van der Waals surface area contributed by atoms with Gasteiger partial charge >= 0.3 is 0 Å². The number of hydrogen-bond acceptors (Lipinski definition) is 4. The van der Waals surface area contributed by atoms with E-state index in [-0.39, 0.29) is 17.8 Å². The molecule has 0 saturated carbocycles. The lowest BCUT2D eigenvalue weighted by Crippen LogP contribution is -2.48. The third-order valence-corrected chi connectivity index (χ3v) is 5.00. The van der Waals surface area contributed by atoms with Crippen molar-refractivity contribution in [1.29, 1.82) is 5.26 Å². The lowest BCUT2D eigenvalue weighted by Gasteiger charge is -2.35. The second-order valence-electron chi connectivity index (χ2n) is 5.89. The fourth-order valence-corrected chi connectivity index (χ4v) is 3.70. The van der Waals surface area contributed by atoms with Gasteiger partial charge in [0.15, 0.2) is 0 Å². The predicted octanol–water partition coefficient (Wildman–Crippen LogP) is 3.09. The fraction of sp³-hybridized carbons (Fsp3) is 0.333. The van der Waals surface area contributed by atoms with Crippen molar-refractivity contribution in [2.45, 2.75) is 25.3 Å². The first-order valence-corrected chi connectivity index (χ1v) is 8.80. The molecule has 1 N–H and O–H groups in total. The van der Waals surface area contributed by atoms with Gasteiger partial charge in [-0.3, -0.25) is 4.79 Å². The van der Waals surface area contributed by atoms with Crippen LogP contribution in [0.25, 0.3) is 0 Å². The first-order chi connectivity index (χ1) is 11.7. The third kappa shape index (κ3) is 3.92. The molecular formula is C18H18FN3OS. The largest absolute Gasteiger partial charge is 0.367 e. The Morgan fingerprint density at radius 2 is 2.33 bits per heavy atom. The van der Waals surface area contributed by atoms with Crippen LogP contribution in [-0.2, 0) is 11.2 Å². The van der Waals surface area contributed by atoms with E-state index in [1.165, 1.54) is 6.07 Å². The average Bonchev–Trinajstić information content (AvgIpc) is 3.07. The molecule has 1 aromatic carbocycles. The highest BCUT2D eigenvalue weighted by molar-refractivity contribution is 7.10. The van der Waals surface area contributed by atoms with E-state index in [1.54, 1.807) is 23.5 Å². The molecular weight excluding hydrogens is 325 g/mol. The minimum atomic E-state index is -0.389. The molecule has 4 nitrogen and oxygen atoms in total. The van der Waals surface area contributed by atoms with E-state index in [0.29, 0.717) is 24.2 Å². The quantitative estimate of drug-likeness (QED) is 0.928. The van der Waals surface area contributed by atoms with E-state index < -0.39 is 0 Å². The molecule has 1 atom stereocenters. The van der Waals surface area contributed by atoms with E-state index in [9.17, 15) is 9.18 Å². The lowest BCUT2D eigenvalue weighted by atomic mass is 10.0. The number of anilines is 1. The summed E-state index contributed by atoms with van der Waals surface area (Å²) in [6.07, 6.45) is 2.17. The Morgan fingerprint density at radius 3 is 3.04 bits per heavy atom. The number of benzene rings is 1. The second-order valence-corrected chi connectivity index (χ2v) is 6.92. The second kappa shape index (κ2) is 7.45. The number of piperidine rings is 1. The zero-order valence-corrected chi connectivity index (χ0v) is 14.0. The Morgan fingerprint density at radius 1 is 1.46 bits per heavy atom. The summed E-state index contributed by atoms with van der Waals surface area (Å²) in [5, 5.41) is 13.8. The van der Waals surface area contributed by atoms with Gasteiger partial charge in [0.2, 0.25) is 5.91 Å². The van der Waals surface area contributed by atoms with Gasteiger partial charge < -0.3 is 10.2 Å². The van der Waals surface area contributed by atoms with Crippen molar-refractivity contribution < 1.29 is 9.18 Å². The summed E-state index contributed by atoms with van der Waals surface area (Å²) in [5.74, 6) is -0.385. The molecule has 0 radical (unpaired) electrons. The minimum Gasteiger partial charge on any atom is -0.367 e. The van der Waals surface area contributed by atoms with Crippen LogP contribution in [0.3, 0.4) is 0 Å². The molecule has 1 aliphatic rings. The summed E-state index contributed by atoms with van der Waals surface area (Å²) in [4.78, 5) is 15.1. The van der Waals surface area contributed by atoms with Crippen LogP contribution in [0.5, 0.6) is 0 Å². The first kappa shape index (κ1) is 16.5. The van der Waals surface area contributed by atoms with Gasteiger partial charge in [0.25, 0.3) is 0 Å². The smallest absolute Gasteiger partial charge is 0.225 e. The molecule has 6 heteroatoms. The molecule has 2 aromatic rings. The Labute approximate surface area is 144 Å². The van der Waals surface area contributed by atoms with Crippen molar-refractivity contribution in [3.63, 3.8) is 0 Å². The number of thiophene rings is 1. The Balaban J connectivity index is 1.62. The molecule has 0 unspecified atom stereocenters.